The van der Waals surface area contributed by atoms with Crippen LogP contribution in [0.3, 0.4) is 0 Å². The number of carbonyl (C=O) groups excluding carboxylic acids is 2. The molecule has 0 spiro atoms. The van der Waals surface area contributed by atoms with Gasteiger partial charge >= 0.3 is 0 Å². The number of nitrogens with zero attached hydrogens (tertiary/aromatic N) is 5. The lowest BCUT2D eigenvalue weighted by Crippen LogP contribution is -2.43. The Morgan fingerprint density at radius 2 is 1.60 bits per heavy atom. The molecule has 1 unspecified atom stereocenters. The summed E-state index contributed by atoms with van der Waals surface area (Å²) in [7, 11) is -3.05. The van der Waals surface area contributed by atoms with Crippen molar-refractivity contribution < 1.29 is 18.0 Å². The van der Waals surface area contributed by atoms with Crippen molar-refractivity contribution in [2.45, 2.75) is 55.5 Å². The molecule has 168 valence electrons. The van der Waals surface area contributed by atoms with E-state index in [0.717, 1.165) is 12.8 Å². The minimum atomic E-state index is -3.05. The lowest BCUT2D eigenvalue weighted by molar-refractivity contribution is -0.131. The molecule has 1 aromatic heterocycles. The molecule has 1 saturated heterocycles. The van der Waals surface area contributed by atoms with Crippen LogP contribution in [0.5, 0.6) is 0 Å². The molecule has 2 amide bonds. The Bertz CT molecular complexity index is 882. The number of carbonyl (C=O) groups is 2. The summed E-state index contributed by atoms with van der Waals surface area (Å²) in [4.78, 5) is 28.5. The smallest absolute Gasteiger partial charge is 0.233 e. The van der Waals surface area contributed by atoms with Crippen LogP contribution in [0.2, 0.25) is 0 Å². The molecule has 2 fully saturated rings. The standard InChI is InChI=1S/C17H28N6O4S3/c1-3-21(4-2)14(24)9-28-16-19-20-17(23(16)18)29-10-15(25)22(12-5-6-12)13-7-8-30(26,27)11-13/h12-13H,3-11,18H2,1-2H3. The van der Waals surface area contributed by atoms with E-state index in [2.05, 4.69) is 10.2 Å². The van der Waals surface area contributed by atoms with Crippen molar-refractivity contribution in [3.05, 3.63) is 0 Å². The van der Waals surface area contributed by atoms with Gasteiger partial charge in [0.15, 0.2) is 9.84 Å². The fourth-order valence-corrected chi connectivity index (χ4v) is 6.76. The molecule has 1 aliphatic heterocycles. The second-order valence-corrected chi connectivity index (χ2v) is 11.5. The van der Waals surface area contributed by atoms with Gasteiger partial charge in [-0.3, -0.25) is 9.59 Å². The highest BCUT2D eigenvalue weighted by Crippen LogP contribution is 2.33. The van der Waals surface area contributed by atoms with Gasteiger partial charge in [-0.15, -0.1) is 10.2 Å². The zero-order valence-corrected chi connectivity index (χ0v) is 19.6. The van der Waals surface area contributed by atoms with Crippen LogP contribution in [-0.4, -0.2) is 93.1 Å². The van der Waals surface area contributed by atoms with Crippen LogP contribution in [0, 0.1) is 0 Å². The summed E-state index contributed by atoms with van der Waals surface area (Å²) in [5, 5.41) is 8.84. The van der Waals surface area contributed by atoms with Crippen molar-refractivity contribution in [1.29, 1.82) is 0 Å². The Labute approximate surface area is 185 Å². The van der Waals surface area contributed by atoms with E-state index >= 15 is 0 Å². The van der Waals surface area contributed by atoms with Gasteiger partial charge in [0.1, 0.15) is 0 Å². The van der Waals surface area contributed by atoms with Gasteiger partial charge < -0.3 is 15.6 Å². The van der Waals surface area contributed by atoms with Gasteiger partial charge in [-0.1, -0.05) is 23.5 Å². The molecule has 0 radical (unpaired) electrons. The van der Waals surface area contributed by atoms with E-state index in [1.807, 2.05) is 13.8 Å². The first kappa shape index (κ1) is 23.2. The first-order valence-electron chi connectivity index (χ1n) is 10.0. The minimum absolute atomic E-state index is 0.00368. The van der Waals surface area contributed by atoms with Crippen molar-refractivity contribution in [2.75, 3.05) is 41.9 Å². The topological polar surface area (TPSA) is 131 Å². The third-order valence-corrected chi connectivity index (χ3v) is 8.83. The number of thioether (sulfide) groups is 2. The lowest BCUT2D eigenvalue weighted by atomic mass is 10.2. The summed E-state index contributed by atoms with van der Waals surface area (Å²) in [6.07, 6.45) is 2.34. The fourth-order valence-electron chi connectivity index (χ4n) is 3.51. The number of hydrogen-bond donors (Lipinski definition) is 1. The van der Waals surface area contributed by atoms with Gasteiger partial charge in [-0.2, -0.15) is 0 Å². The molecule has 2 aliphatic rings. The molecule has 30 heavy (non-hydrogen) atoms. The molecule has 1 aliphatic carbocycles. The molecule has 1 atom stereocenters. The number of rotatable bonds is 10. The molecule has 1 aromatic rings. The number of amides is 2. The van der Waals surface area contributed by atoms with Gasteiger partial charge in [0.05, 0.1) is 23.0 Å². The molecule has 0 bridgehead atoms. The molecular weight excluding hydrogens is 448 g/mol. The average Bonchev–Trinajstić information content (AvgIpc) is 3.38. The molecule has 1 saturated carbocycles. The number of nitrogen functional groups attached to an aromatic ring is 1. The van der Waals surface area contributed by atoms with E-state index in [-0.39, 0.29) is 46.9 Å². The summed E-state index contributed by atoms with van der Waals surface area (Å²) in [6, 6.07) is -0.0899. The predicted molar refractivity (Wildman–Crippen MR) is 116 cm³/mol. The highest BCUT2D eigenvalue weighted by molar-refractivity contribution is 8.00. The van der Waals surface area contributed by atoms with Crippen LogP contribution in [0.15, 0.2) is 10.3 Å². The largest absolute Gasteiger partial charge is 0.343 e. The summed E-state index contributed by atoms with van der Waals surface area (Å²) < 4.78 is 24.9. The Kier molecular flexibility index (Phi) is 7.56. The summed E-state index contributed by atoms with van der Waals surface area (Å²) in [6.45, 7) is 5.15. The van der Waals surface area contributed by atoms with Crippen molar-refractivity contribution in [1.82, 2.24) is 24.7 Å². The van der Waals surface area contributed by atoms with Crippen LogP contribution >= 0.6 is 23.5 Å². The van der Waals surface area contributed by atoms with Gasteiger partial charge in [0.25, 0.3) is 0 Å². The summed E-state index contributed by atoms with van der Waals surface area (Å²) in [5.41, 5.74) is 0. The maximum absolute atomic E-state index is 12.8. The molecule has 0 aromatic carbocycles. The van der Waals surface area contributed by atoms with E-state index in [9.17, 15) is 18.0 Å². The van der Waals surface area contributed by atoms with Crippen LogP contribution < -0.4 is 5.84 Å². The lowest BCUT2D eigenvalue weighted by Gasteiger charge is -2.28. The van der Waals surface area contributed by atoms with Crippen molar-refractivity contribution >= 4 is 45.2 Å². The average molecular weight is 477 g/mol. The fraction of sp³-hybridized carbons (Fsp3) is 0.765. The normalized spacial score (nSPS) is 20.3. The molecule has 13 heteroatoms. The Balaban J connectivity index is 1.55. The minimum Gasteiger partial charge on any atom is -0.343 e. The Morgan fingerprint density at radius 1 is 1.03 bits per heavy atom. The van der Waals surface area contributed by atoms with Gasteiger partial charge in [-0.25, -0.2) is 13.1 Å². The number of aromatic nitrogens is 3. The second-order valence-electron chi connectivity index (χ2n) is 7.37. The summed E-state index contributed by atoms with van der Waals surface area (Å²) >= 11 is 2.38. The number of nitrogens with two attached hydrogens (primary N) is 1. The van der Waals surface area contributed by atoms with Gasteiger partial charge in [0.2, 0.25) is 22.1 Å². The first-order chi connectivity index (χ1) is 14.3. The second kappa shape index (κ2) is 9.77. The van der Waals surface area contributed by atoms with E-state index in [4.69, 9.17) is 5.84 Å². The maximum Gasteiger partial charge on any atom is 0.233 e. The van der Waals surface area contributed by atoms with E-state index in [1.54, 1.807) is 9.80 Å². The van der Waals surface area contributed by atoms with Crippen molar-refractivity contribution in [3.63, 3.8) is 0 Å². The van der Waals surface area contributed by atoms with E-state index in [0.29, 0.717) is 29.8 Å². The van der Waals surface area contributed by atoms with Crippen LogP contribution in [0.25, 0.3) is 0 Å². The monoisotopic (exact) mass is 476 g/mol. The first-order valence-corrected chi connectivity index (χ1v) is 13.8. The molecule has 10 nitrogen and oxygen atoms in total. The predicted octanol–water partition coefficient (Wildman–Crippen LogP) is 0.223. The third-order valence-electron chi connectivity index (χ3n) is 5.23. The summed E-state index contributed by atoms with van der Waals surface area (Å²) in [5.74, 6) is 6.47. The van der Waals surface area contributed by atoms with Crippen LogP contribution in [0.4, 0.5) is 0 Å². The highest BCUT2D eigenvalue weighted by atomic mass is 32.2. The molecule has 3 rings (SSSR count). The van der Waals surface area contributed by atoms with Gasteiger partial charge in [-0.05, 0) is 33.1 Å². The highest BCUT2D eigenvalue weighted by Gasteiger charge is 2.42. The van der Waals surface area contributed by atoms with E-state index < -0.39 is 9.84 Å². The zero-order chi connectivity index (χ0) is 21.9. The van der Waals surface area contributed by atoms with Crippen molar-refractivity contribution in [2.24, 2.45) is 0 Å². The molecular formula is C17H28N6O4S3. The van der Waals surface area contributed by atoms with Gasteiger partial charge in [0, 0.05) is 25.2 Å². The Hall–Kier alpha value is -1.47. The number of hydrogen-bond acceptors (Lipinski definition) is 9. The van der Waals surface area contributed by atoms with Crippen LogP contribution in [0.1, 0.15) is 33.1 Å². The third kappa shape index (κ3) is 5.61. The zero-order valence-electron chi connectivity index (χ0n) is 17.2. The number of sulfone groups is 1. The quantitative estimate of drug-likeness (QED) is 0.372. The SMILES string of the molecule is CCN(CC)C(=O)CSc1nnc(SCC(=O)N(C2CC2)C2CCS(=O)(=O)C2)n1N. The van der Waals surface area contributed by atoms with Crippen LogP contribution in [-0.2, 0) is 19.4 Å². The Morgan fingerprint density at radius 3 is 2.07 bits per heavy atom. The van der Waals surface area contributed by atoms with Crippen molar-refractivity contribution in [3.8, 4) is 0 Å². The molecule has 2 heterocycles. The van der Waals surface area contributed by atoms with E-state index in [1.165, 1.54) is 28.2 Å². The maximum atomic E-state index is 12.8. The molecule has 2 N–H and O–H groups in total.